The molecule has 0 aliphatic carbocycles. The van der Waals surface area contributed by atoms with E-state index in [4.69, 9.17) is 0 Å². The summed E-state index contributed by atoms with van der Waals surface area (Å²) in [6.07, 6.45) is 2.77. The van der Waals surface area contributed by atoms with E-state index in [9.17, 15) is 4.39 Å². The molecule has 0 fully saturated rings. The summed E-state index contributed by atoms with van der Waals surface area (Å²) < 4.78 is 14.0. The summed E-state index contributed by atoms with van der Waals surface area (Å²) >= 11 is 3.29. The number of hydrogen-bond donors (Lipinski definition) is 1. The molecule has 0 saturated carbocycles. The van der Waals surface area contributed by atoms with Crippen LogP contribution in [0.25, 0.3) is 0 Å². The van der Waals surface area contributed by atoms with Crippen molar-refractivity contribution < 1.29 is 4.39 Å². The van der Waals surface area contributed by atoms with Gasteiger partial charge in [0.25, 0.3) is 0 Å². The number of nitrogens with one attached hydrogen (secondary N) is 1. The Morgan fingerprint density at radius 1 is 1.26 bits per heavy atom. The predicted octanol–water partition coefficient (Wildman–Crippen LogP) is 3.84. The van der Waals surface area contributed by atoms with Gasteiger partial charge < -0.3 is 5.32 Å². The van der Waals surface area contributed by atoms with Crippen molar-refractivity contribution in [2.24, 2.45) is 0 Å². The summed E-state index contributed by atoms with van der Waals surface area (Å²) in [5.41, 5.74) is 3.22. The Morgan fingerprint density at radius 2 is 2.11 bits per heavy atom. The predicted molar refractivity (Wildman–Crippen MR) is 78.3 cm³/mol. The zero-order chi connectivity index (χ0) is 13.7. The molecule has 1 N–H and O–H groups in total. The fourth-order valence-corrected chi connectivity index (χ4v) is 2.50. The normalized spacial score (nSPS) is 10.7. The first-order valence-electron chi connectivity index (χ1n) is 6.27. The summed E-state index contributed by atoms with van der Waals surface area (Å²) in [6.45, 7) is 3.43. The molecule has 0 aliphatic rings. The van der Waals surface area contributed by atoms with E-state index in [1.165, 1.54) is 17.7 Å². The minimum Gasteiger partial charge on any atom is -0.307 e. The minimum atomic E-state index is -0.224. The SMILES string of the molecule is CCc1cccnc1CNCc1cc(F)cc(Br)c1. The molecule has 0 aliphatic heterocycles. The molecule has 0 atom stereocenters. The molecule has 0 saturated heterocycles. The molecule has 0 spiro atoms. The van der Waals surface area contributed by atoms with Crippen LogP contribution >= 0.6 is 15.9 Å². The van der Waals surface area contributed by atoms with Crippen LogP contribution in [-0.4, -0.2) is 4.98 Å². The zero-order valence-electron chi connectivity index (χ0n) is 10.8. The second kappa shape index (κ2) is 6.78. The third-order valence-electron chi connectivity index (χ3n) is 2.91. The number of aryl methyl sites for hydroxylation is 1. The van der Waals surface area contributed by atoms with E-state index in [2.05, 4.69) is 39.2 Å². The van der Waals surface area contributed by atoms with Crippen LogP contribution in [0.3, 0.4) is 0 Å². The average molecular weight is 323 g/mol. The molecule has 0 unspecified atom stereocenters. The molecule has 1 heterocycles. The molecule has 0 radical (unpaired) electrons. The number of pyridine rings is 1. The number of aromatic nitrogens is 1. The van der Waals surface area contributed by atoms with Crippen molar-refractivity contribution >= 4 is 15.9 Å². The average Bonchev–Trinajstić information content (AvgIpc) is 2.38. The number of hydrogen-bond acceptors (Lipinski definition) is 2. The fourth-order valence-electron chi connectivity index (χ4n) is 1.99. The first-order valence-corrected chi connectivity index (χ1v) is 7.07. The molecule has 0 bridgehead atoms. The second-order valence-electron chi connectivity index (χ2n) is 4.34. The highest BCUT2D eigenvalue weighted by atomic mass is 79.9. The monoisotopic (exact) mass is 322 g/mol. The number of halogens is 2. The van der Waals surface area contributed by atoms with Gasteiger partial charge in [-0.3, -0.25) is 4.98 Å². The number of rotatable bonds is 5. The highest BCUT2D eigenvalue weighted by Gasteiger charge is 2.02. The Kier molecular flexibility index (Phi) is 5.05. The van der Waals surface area contributed by atoms with Crippen molar-refractivity contribution in [3.63, 3.8) is 0 Å². The van der Waals surface area contributed by atoms with Crippen LogP contribution in [0.4, 0.5) is 4.39 Å². The highest BCUT2D eigenvalue weighted by Crippen LogP contribution is 2.15. The number of nitrogens with zero attached hydrogens (tertiary/aromatic N) is 1. The molecule has 100 valence electrons. The summed E-state index contributed by atoms with van der Waals surface area (Å²) in [6, 6.07) is 8.94. The molecular formula is C15H16BrFN2. The number of benzene rings is 1. The van der Waals surface area contributed by atoms with E-state index in [1.807, 2.05) is 12.1 Å². The molecule has 1 aromatic carbocycles. The summed E-state index contributed by atoms with van der Waals surface area (Å²) in [4.78, 5) is 4.37. The van der Waals surface area contributed by atoms with Gasteiger partial charge >= 0.3 is 0 Å². The van der Waals surface area contributed by atoms with Crippen molar-refractivity contribution in [2.75, 3.05) is 0 Å². The van der Waals surface area contributed by atoms with Crippen molar-refractivity contribution in [3.8, 4) is 0 Å². The van der Waals surface area contributed by atoms with E-state index in [0.29, 0.717) is 13.1 Å². The van der Waals surface area contributed by atoms with E-state index in [0.717, 1.165) is 22.2 Å². The smallest absolute Gasteiger partial charge is 0.124 e. The molecule has 4 heteroatoms. The van der Waals surface area contributed by atoms with Gasteiger partial charge in [-0.2, -0.15) is 0 Å². The maximum absolute atomic E-state index is 13.2. The first kappa shape index (κ1) is 14.2. The lowest BCUT2D eigenvalue weighted by atomic mass is 10.1. The lowest BCUT2D eigenvalue weighted by molar-refractivity contribution is 0.617. The van der Waals surface area contributed by atoms with Crippen molar-refractivity contribution in [1.29, 1.82) is 0 Å². The van der Waals surface area contributed by atoms with Crippen LogP contribution in [-0.2, 0) is 19.5 Å². The molecule has 0 amide bonds. The van der Waals surface area contributed by atoms with Crippen LogP contribution in [0.1, 0.15) is 23.7 Å². The van der Waals surface area contributed by atoms with Crippen molar-refractivity contribution in [1.82, 2.24) is 10.3 Å². The van der Waals surface area contributed by atoms with Crippen LogP contribution < -0.4 is 5.32 Å². The lowest BCUT2D eigenvalue weighted by Crippen LogP contribution is -2.15. The van der Waals surface area contributed by atoms with Crippen molar-refractivity contribution in [3.05, 3.63) is 63.6 Å². The molecule has 2 rings (SSSR count). The Morgan fingerprint density at radius 3 is 2.84 bits per heavy atom. The topological polar surface area (TPSA) is 24.9 Å². The van der Waals surface area contributed by atoms with Gasteiger partial charge in [0.1, 0.15) is 5.82 Å². The Hall–Kier alpha value is -1.26. The maximum Gasteiger partial charge on any atom is 0.124 e. The lowest BCUT2D eigenvalue weighted by Gasteiger charge is -2.08. The van der Waals surface area contributed by atoms with Gasteiger partial charge in [0.05, 0.1) is 5.69 Å². The van der Waals surface area contributed by atoms with E-state index < -0.39 is 0 Å². The maximum atomic E-state index is 13.2. The van der Waals surface area contributed by atoms with E-state index in [1.54, 1.807) is 6.20 Å². The Balaban J connectivity index is 1.96. The van der Waals surface area contributed by atoms with Gasteiger partial charge in [0.15, 0.2) is 0 Å². The quantitative estimate of drug-likeness (QED) is 0.904. The summed E-state index contributed by atoms with van der Waals surface area (Å²) in [7, 11) is 0. The Labute approximate surface area is 121 Å². The van der Waals surface area contributed by atoms with Gasteiger partial charge in [-0.25, -0.2) is 4.39 Å². The minimum absolute atomic E-state index is 0.224. The van der Waals surface area contributed by atoms with Gasteiger partial charge in [0, 0.05) is 23.8 Å². The van der Waals surface area contributed by atoms with Crippen LogP contribution in [0, 0.1) is 5.82 Å². The Bertz CT molecular complexity index is 537. The fraction of sp³-hybridized carbons (Fsp3) is 0.267. The van der Waals surface area contributed by atoms with Crippen LogP contribution in [0.15, 0.2) is 41.0 Å². The zero-order valence-corrected chi connectivity index (χ0v) is 12.4. The van der Waals surface area contributed by atoms with Gasteiger partial charge in [0.2, 0.25) is 0 Å². The summed E-state index contributed by atoms with van der Waals surface area (Å²) in [5, 5.41) is 3.30. The van der Waals surface area contributed by atoms with Gasteiger partial charge in [-0.15, -0.1) is 0 Å². The van der Waals surface area contributed by atoms with Gasteiger partial charge in [-0.1, -0.05) is 28.9 Å². The molecule has 2 aromatic rings. The highest BCUT2D eigenvalue weighted by molar-refractivity contribution is 9.10. The van der Waals surface area contributed by atoms with E-state index in [-0.39, 0.29) is 5.82 Å². The third-order valence-corrected chi connectivity index (χ3v) is 3.37. The van der Waals surface area contributed by atoms with E-state index >= 15 is 0 Å². The van der Waals surface area contributed by atoms with Crippen LogP contribution in [0.2, 0.25) is 0 Å². The van der Waals surface area contributed by atoms with Gasteiger partial charge in [-0.05, 0) is 41.8 Å². The largest absolute Gasteiger partial charge is 0.307 e. The molecular weight excluding hydrogens is 307 g/mol. The first-order chi connectivity index (χ1) is 9.19. The van der Waals surface area contributed by atoms with Crippen LogP contribution in [0.5, 0.6) is 0 Å². The summed E-state index contributed by atoms with van der Waals surface area (Å²) in [5.74, 6) is -0.224. The molecule has 19 heavy (non-hydrogen) atoms. The standard InChI is InChI=1S/C15H16BrFN2/c1-2-12-4-3-5-19-15(12)10-18-9-11-6-13(16)8-14(17)7-11/h3-8,18H,2,9-10H2,1H3. The molecule has 2 nitrogen and oxygen atoms in total. The second-order valence-corrected chi connectivity index (χ2v) is 5.26. The third kappa shape index (κ3) is 4.11. The van der Waals surface area contributed by atoms with Crippen molar-refractivity contribution in [2.45, 2.75) is 26.4 Å². The molecule has 1 aromatic heterocycles.